The number of methoxy groups -OCH3 is 1. The number of hydrogen-bond donors (Lipinski definition) is 0. The van der Waals surface area contributed by atoms with E-state index in [0.717, 1.165) is 39.9 Å². The third kappa shape index (κ3) is 4.43. The molecule has 0 saturated heterocycles. The van der Waals surface area contributed by atoms with Crippen molar-refractivity contribution >= 4 is 28.6 Å². The van der Waals surface area contributed by atoms with E-state index in [1.165, 1.54) is 11.3 Å². The van der Waals surface area contributed by atoms with Crippen LogP contribution >= 0.6 is 22.7 Å². The average Bonchev–Trinajstić information content (AvgIpc) is 3.30. The van der Waals surface area contributed by atoms with Gasteiger partial charge >= 0.3 is 5.97 Å². The first-order valence-electron chi connectivity index (χ1n) is 7.90. The molecular weight excluding hydrogens is 356 g/mol. The summed E-state index contributed by atoms with van der Waals surface area (Å²) in [5.74, 6) is 0.353. The van der Waals surface area contributed by atoms with Crippen LogP contribution in [0.1, 0.15) is 34.5 Å². The number of carbonyl (C=O) groups excluding carboxylic acids is 1. The van der Waals surface area contributed by atoms with Crippen LogP contribution in [0.4, 0.5) is 0 Å². The number of benzene rings is 1. The molecule has 0 amide bonds. The molecule has 1 aromatic carbocycles. The molecule has 2 aromatic heterocycles. The fourth-order valence-corrected chi connectivity index (χ4v) is 3.87. The molecule has 0 bridgehead atoms. The molecule has 130 valence electrons. The van der Waals surface area contributed by atoms with E-state index in [1.807, 2.05) is 29.6 Å². The van der Waals surface area contributed by atoms with Crippen LogP contribution in [0.5, 0.6) is 5.75 Å². The van der Waals surface area contributed by atoms with Gasteiger partial charge in [0.25, 0.3) is 0 Å². The second-order valence-electron chi connectivity index (χ2n) is 5.33. The molecule has 0 atom stereocenters. The summed E-state index contributed by atoms with van der Waals surface area (Å²) in [5.41, 5.74) is 2.04. The van der Waals surface area contributed by atoms with Crippen LogP contribution in [0.2, 0.25) is 0 Å². The molecule has 0 aliphatic heterocycles. The van der Waals surface area contributed by atoms with Crippen molar-refractivity contribution in [1.82, 2.24) is 9.97 Å². The van der Waals surface area contributed by atoms with Crippen molar-refractivity contribution in [2.75, 3.05) is 7.11 Å². The van der Waals surface area contributed by atoms with E-state index in [4.69, 9.17) is 9.47 Å². The van der Waals surface area contributed by atoms with E-state index in [1.54, 1.807) is 23.8 Å². The average molecular weight is 374 g/mol. The van der Waals surface area contributed by atoms with Crippen LogP contribution in [0.15, 0.2) is 35.0 Å². The maximum absolute atomic E-state index is 12.2. The molecule has 0 spiro atoms. The monoisotopic (exact) mass is 374 g/mol. The minimum atomic E-state index is -0.430. The fraction of sp³-hybridized carbons (Fsp3) is 0.278. The predicted octanol–water partition coefficient (Wildman–Crippen LogP) is 4.58. The van der Waals surface area contributed by atoms with E-state index in [2.05, 4.69) is 16.9 Å². The van der Waals surface area contributed by atoms with E-state index in [9.17, 15) is 4.79 Å². The van der Waals surface area contributed by atoms with Gasteiger partial charge < -0.3 is 9.47 Å². The van der Waals surface area contributed by atoms with Crippen molar-refractivity contribution in [3.05, 3.63) is 51.4 Å². The van der Waals surface area contributed by atoms with Gasteiger partial charge in [0.05, 0.1) is 17.8 Å². The number of hydrogen-bond acceptors (Lipinski definition) is 7. The maximum atomic E-state index is 12.2. The van der Waals surface area contributed by atoms with Gasteiger partial charge in [-0.1, -0.05) is 6.92 Å². The second kappa shape index (κ2) is 8.22. The molecular formula is C18H18N2O3S2. The summed E-state index contributed by atoms with van der Waals surface area (Å²) in [6.07, 6.45) is 2.01. The summed E-state index contributed by atoms with van der Waals surface area (Å²) in [5, 5.41) is 5.49. The Labute approximate surface area is 154 Å². The maximum Gasteiger partial charge on any atom is 0.358 e. The fourth-order valence-electron chi connectivity index (χ4n) is 2.19. The van der Waals surface area contributed by atoms with Crippen molar-refractivity contribution < 1.29 is 14.3 Å². The standard InChI is InChI=1S/C18H18N2O3S2/c1-3-4-16-19-13(10-24-16)9-23-18(21)15-11-25-17(20-15)12-5-7-14(22-2)8-6-12/h5-8,10-11H,3-4,9H2,1-2H3. The highest BCUT2D eigenvalue weighted by Crippen LogP contribution is 2.26. The summed E-state index contributed by atoms with van der Waals surface area (Å²) in [6, 6.07) is 7.56. The molecule has 25 heavy (non-hydrogen) atoms. The molecule has 0 fully saturated rings. The Bertz CT molecular complexity index is 840. The molecule has 0 N–H and O–H groups in total. The lowest BCUT2D eigenvalue weighted by Crippen LogP contribution is -2.06. The number of nitrogens with zero attached hydrogens (tertiary/aromatic N) is 2. The van der Waals surface area contributed by atoms with E-state index in [0.29, 0.717) is 5.69 Å². The number of aryl methyl sites for hydroxylation is 1. The summed E-state index contributed by atoms with van der Waals surface area (Å²) >= 11 is 3.01. The zero-order chi connectivity index (χ0) is 17.6. The number of thiazole rings is 2. The van der Waals surface area contributed by atoms with Gasteiger partial charge in [0, 0.05) is 16.3 Å². The van der Waals surface area contributed by atoms with Crippen molar-refractivity contribution in [3.63, 3.8) is 0 Å². The van der Waals surface area contributed by atoms with E-state index >= 15 is 0 Å². The first kappa shape index (κ1) is 17.6. The Kier molecular flexibility index (Phi) is 5.78. The molecule has 0 unspecified atom stereocenters. The Morgan fingerprint density at radius 2 is 1.92 bits per heavy atom. The highest BCUT2D eigenvalue weighted by molar-refractivity contribution is 7.13. The molecule has 0 radical (unpaired) electrons. The Morgan fingerprint density at radius 3 is 2.64 bits per heavy atom. The summed E-state index contributed by atoms with van der Waals surface area (Å²) in [6.45, 7) is 2.29. The zero-order valence-corrected chi connectivity index (χ0v) is 15.7. The zero-order valence-electron chi connectivity index (χ0n) is 14.0. The van der Waals surface area contributed by atoms with Gasteiger partial charge in [-0.3, -0.25) is 0 Å². The van der Waals surface area contributed by atoms with Crippen molar-refractivity contribution in [3.8, 4) is 16.3 Å². The quantitative estimate of drug-likeness (QED) is 0.566. The van der Waals surface area contributed by atoms with Crippen molar-refractivity contribution in [2.45, 2.75) is 26.4 Å². The first-order chi connectivity index (χ1) is 12.2. The highest BCUT2D eigenvalue weighted by Gasteiger charge is 2.14. The van der Waals surface area contributed by atoms with Gasteiger partial charge in [-0.25, -0.2) is 14.8 Å². The number of rotatable bonds is 7. The number of ether oxygens (including phenoxy) is 2. The summed E-state index contributed by atoms with van der Waals surface area (Å²) in [7, 11) is 1.63. The topological polar surface area (TPSA) is 61.3 Å². The molecule has 2 heterocycles. The highest BCUT2D eigenvalue weighted by atomic mass is 32.1. The van der Waals surface area contributed by atoms with Crippen molar-refractivity contribution in [2.24, 2.45) is 0 Å². The third-order valence-corrected chi connectivity index (χ3v) is 5.31. The molecule has 5 nitrogen and oxygen atoms in total. The van der Waals surface area contributed by atoms with Gasteiger partial charge in [0.1, 0.15) is 17.4 Å². The Morgan fingerprint density at radius 1 is 1.12 bits per heavy atom. The SMILES string of the molecule is CCCc1nc(COC(=O)c2csc(-c3ccc(OC)cc3)n2)cs1. The van der Waals surface area contributed by atoms with Crippen LogP contribution in [-0.2, 0) is 17.8 Å². The first-order valence-corrected chi connectivity index (χ1v) is 9.66. The van der Waals surface area contributed by atoms with Crippen LogP contribution in [0, 0.1) is 0 Å². The van der Waals surface area contributed by atoms with Crippen LogP contribution in [0.3, 0.4) is 0 Å². The lowest BCUT2D eigenvalue weighted by atomic mass is 10.2. The minimum Gasteiger partial charge on any atom is -0.497 e. The number of carbonyl (C=O) groups is 1. The third-order valence-electron chi connectivity index (χ3n) is 3.46. The van der Waals surface area contributed by atoms with Crippen LogP contribution in [0.25, 0.3) is 10.6 Å². The second-order valence-corrected chi connectivity index (χ2v) is 7.13. The summed E-state index contributed by atoms with van der Waals surface area (Å²) in [4.78, 5) is 21.0. The van der Waals surface area contributed by atoms with Crippen molar-refractivity contribution in [1.29, 1.82) is 0 Å². The molecule has 3 aromatic rings. The minimum absolute atomic E-state index is 0.175. The Hall–Kier alpha value is -2.25. The van der Waals surface area contributed by atoms with E-state index < -0.39 is 5.97 Å². The molecule has 0 aliphatic carbocycles. The van der Waals surface area contributed by atoms with Gasteiger partial charge in [-0.05, 0) is 37.1 Å². The Balaban J connectivity index is 1.61. The van der Waals surface area contributed by atoms with Gasteiger partial charge in [0.2, 0.25) is 0 Å². The molecule has 7 heteroatoms. The number of esters is 1. The predicted molar refractivity (Wildman–Crippen MR) is 99.3 cm³/mol. The molecule has 3 rings (SSSR count). The lowest BCUT2D eigenvalue weighted by molar-refractivity contribution is 0.0462. The summed E-state index contributed by atoms with van der Waals surface area (Å²) < 4.78 is 10.5. The smallest absolute Gasteiger partial charge is 0.358 e. The number of aromatic nitrogens is 2. The normalized spacial score (nSPS) is 10.6. The van der Waals surface area contributed by atoms with E-state index in [-0.39, 0.29) is 6.61 Å². The molecule has 0 saturated carbocycles. The largest absolute Gasteiger partial charge is 0.497 e. The lowest BCUT2D eigenvalue weighted by Gasteiger charge is -2.01. The van der Waals surface area contributed by atoms with Gasteiger partial charge in [0.15, 0.2) is 5.69 Å². The molecule has 0 aliphatic rings. The van der Waals surface area contributed by atoms with Gasteiger partial charge in [-0.15, -0.1) is 22.7 Å². The van der Waals surface area contributed by atoms with Crippen LogP contribution in [-0.4, -0.2) is 23.0 Å². The van der Waals surface area contributed by atoms with Gasteiger partial charge in [-0.2, -0.15) is 0 Å². The van der Waals surface area contributed by atoms with Crippen LogP contribution < -0.4 is 4.74 Å².